The van der Waals surface area contributed by atoms with E-state index < -0.39 is 0 Å². The smallest absolute Gasteiger partial charge is 0.263 e. The summed E-state index contributed by atoms with van der Waals surface area (Å²) in [6.45, 7) is 0.472. The Balaban J connectivity index is 1.59. The first-order valence-electron chi connectivity index (χ1n) is 11.8. The van der Waals surface area contributed by atoms with Gasteiger partial charge in [-0.15, -0.1) is 0 Å². The van der Waals surface area contributed by atoms with Crippen LogP contribution in [0.3, 0.4) is 0 Å². The lowest BCUT2D eigenvalue weighted by molar-refractivity contribution is 0.322. The molecule has 0 saturated carbocycles. The van der Waals surface area contributed by atoms with Gasteiger partial charge in [-0.3, -0.25) is 14.3 Å². The number of benzene rings is 3. The highest BCUT2D eigenvalue weighted by Gasteiger charge is 2.15. The Kier molecular flexibility index (Phi) is 7.12. The van der Waals surface area contributed by atoms with Gasteiger partial charge in [0.15, 0.2) is 0 Å². The molecule has 2 heterocycles. The number of pyridine rings is 2. The van der Waals surface area contributed by atoms with Crippen LogP contribution in [-0.2, 0) is 6.42 Å². The molecule has 0 aliphatic heterocycles. The van der Waals surface area contributed by atoms with Crippen LogP contribution in [0, 0.1) is 11.3 Å². The molecule has 0 atom stereocenters. The second-order valence-electron chi connectivity index (χ2n) is 8.45. The molecule has 0 aliphatic carbocycles. The number of nitrogens with zero attached hydrogens (tertiary/aromatic N) is 3. The van der Waals surface area contributed by atoms with Crippen LogP contribution in [0.15, 0.2) is 114 Å². The molecular formula is C31H22ClN3O2. The van der Waals surface area contributed by atoms with Crippen LogP contribution in [0.1, 0.15) is 11.1 Å². The molecular weight excluding hydrogens is 482 g/mol. The normalized spacial score (nSPS) is 10.6. The van der Waals surface area contributed by atoms with Gasteiger partial charge < -0.3 is 4.74 Å². The van der Waals surface area contributed by atoms with Crippen molar-refractivity contribution in [3.63, 3.8) is 0 Å². The first kappa shape index (κ1) is 24.1. The van der Waals surface area contributed by atoms with E-state index in [0.717, 1.165) is 17.5 Å². The third-order valence-electron chi connectivity index (χ3n) is 5.98. The van der Waals surface area contributed by atoms with Gasteiger partial charge in [-0.1, -0.05) is 60.1 Å². The van der Waals surface area contributed by atoms with E-state index in [-0.39, 0.29) is 5.56 Å². The first-order valence-corrected chi connectivity index (χ1v) is 12.1. The lowest BCUT2D eigenvalue weighted by Crippen LogP contribution is -2.20. The van der Waals surface area contributed by atoms with Crippen LogP contribution in [-0.4, -0.2) is 16.2 Å². The van der Waals surface area contributed by atoms with Gasteiger partial charge in [0, 0.05) is 40.5 Å². The van der Waals surface area contributed by atoms with Crippen molar-refractivity contribution in [3.05, 3.63) is 136 Å². The molecule has 0 spiro atoms. The molecule has 0 aliphatic rings. The summed E-state index contributed by atoms with van der Waals surface area (Å²) in [5, 5.41) is 10.1. The third kappa shape index (κ3) is 5.45. The van der Waals surface area contributed by atoms with E-state index in [4.69, 9.17) is 16.3 Å². The van der Waals surface area contributed by atoms with Gasteiger partial charge in [-0.25, -0.2) is 0 Å². The Morgan fingerprint density at radius 3 is 2.49 bits per heavy atom. The molecule has 37 heavy (non-hydrogen) atoms. The number of nitriles is 1. The summed E-state index contributed by atoms with van der Waals surface area (Å²) in [4.78, 5) is 17.9. The molecule has 6 heteroatoms. The fraction of sp³-hybridized carbons (Fsp3) is 0.0645. The fourth-order valence-electron chi connectivity index (χ4n) is 4.19. The lowest BCUT2D eigenvalue weighted by atomic mass is 9.98. The zero-order chi connectivity index (χ0) is 25.6. The Morgan fingerprint density at radius 2 is 1.70 bits per heavy atom. The molecule has 0 saturated heterocycles. The van der Waals surface area contributed by atoms with Gasteiger partial charge in [0.25, 0.3) is 5.56 Å². The SMILES string of the molecule is N#Cc1ccccc1-c1cc(-c2cc(Cl)cc(OCCc3ccccc3)c2)c(=O)n(-c2cccnc2)c1. The van der Waals surface area contributed by atoms with Crippen molar-refractivity contribution in [2.24, 2.45) is 0 Å². The van der Waals surface area contributed by atoms with E-state index in [0.29, 0.717) is 39.8 Å². The highest BCUT2D eigenvalue weighted by molar-refractivity contribution is 6.31. The van der Waals surface area contributed by atoms with Crippen LogP contribution in [0.2, 0.25) is 5.02 Å². The zero-order valence-corrected chi connectivity index (χ0v) is 20.6. The molecule has 3 aromatic carbocycles. The van der Waals surface area contributed by atoms with Crippen molar-refractivity contribution in [2.75, 3.05) is 6.61 Å². The van der Waals surface area contributed by atoms with Crippen LogP contribution in [0.5, 0.6) is 5.75 Å². The van der Waals surface area contributed by atoms with E-state index in [1.807, 2.05) is 48.5 Å². The number of hydrogen-bond donors (Lipinski definition) is 0. The molecule has 5 aromatic rings. The minimum absolute atomic E-state index is 0.233. The van der Waals surface area contributed by atoms with Crippen molar-refractivity contribution < 1.29 is 4.74 Å². The number of aromatic nitrogens is 2. The largest absolute Gasteiger partial charge is 0.493 e. The summed E-state index contributed by atoms with van der Waals surface area (Å²) in [5.74, 6) is 0.577. The molecule has 2 aromatic heterocycles. The number of ether oxygens (including phenoxy) is 1. The Hall–Kier alpha value is -4.66. The van der Waals surface area contributed by atoms with Gasteiger partial charge in [0.05, 0.1) is 30.1 Å². The summed E-state index contributed by atoms with van der Waals surface area (Å²) in [5.41, 5.74) is 4.59. The molecule has 0 radical (unpaired) electrons. The van der Waals surface area contributed by atoms with E-state index in [1.165, 1.54) is 5.56 Å². The van der Waals surface area contributed by atoms with Crippen molar-refractivity contribution in [1.29, 1.82) is 5.26 Å². The van der Waals surface area contributed by atoms with Crippen LogP contribution >= 0.6 is 11.6 Å². The average molecular weight is 504 g/mol. The summed E-state index contributed by atoms with van der Waals surface area (Å²) < 4.78 is 7.56. The average Bonchev–Trinajstić information content (AvgIpc) is 2.94. The minimum Gasteiger partial charge on any atom is -0.493 e. The van der Waals surface area contributed by atoms with Crippen LogP contribution in [0.25, 0.3) is 27.9 Å². The molecule has 0 N–H and O–H groups in total. The molecule has 180 valence electrons. The monoisotopic (exact) mass is 503 g/mol. The molecule has 0 unspecified atom stereocenters. The van der Waals surface area contributed by atoms with Crippen molar-refractivity contribution >= 4 is 11.6 Å². The predicted molar refractivity (Wildman–Crippen MR) is 146 cm³/mol. The summed E-state index contributed by atoms with van der Waals surface area (Å²) in [6, 6.07) is 30.3. The highest BCUT2D eigenvalue weighted by atomic mass is 35.5. The number of hydrogen-bond acceptors (Lipinski definition) is 4. The Labute approximate surface area is 219 Å². The fourth-order valence-corrected chi connectivity index (χ4v) is 4.41. The standard InChI is InChI=1S/C31H22ClN3O2/c32-26-15-24(16-28(18-26)37-14-12-22-7-2-1-3-8-22)30-17-25(29-11-5-4-9-23(29)19-33)21-35(31(30)36)27-10-6-13-34-20-27/h1-11,13,15-18,20-21H,12,14H2. The molecule has 0 amide bonds. The van der Waals surface area contributed by atoms with Gasteiger partial charge in [0.1, 0.15) is 5.75 Å². The van der Waals surface area contributed by atoms with Crippen molar-refractivity contribution in [3.8, 4) is 39.8 Å². The van der Waals surface area contributed by atoms with E-state index in [2.05, 4.69) is 23.2 Å². The number of halogens is 1. The van der Waals surface area contributed by atoms with Crippen molar-refractivity contribution in [1.82, 2.24) is 9.55 Å². The topological polar surface area (TPSA) is 67.9 Å². The second-order valence-corrected chi connectivity index (χ2v) is 8.88. The van der Waals surface area contributed by atoms with E-state index in [1.54, 1.807) is 53.5 Å². The van der Waals surface area contributed by atoms with E-state index in [9.17, 15) is 10.1 Å². The highest BCUT2D eigenvalue weighted by Crippen LogP contribution is 2.31. The van der Waals surface area contributed by atoms with Crippen LogP contribution in [0.4, 0.5) is 0 Å². The molecule has 0 bridgehead atoms. The van der Waals surface area contributed by atoms with Gasteiger partial charge in [0.2, 0.25) is 0 Å². The minimum atomic E-state index is -0.233. The van der Waals surface area contributed by atoms with Crippen molar-refractivity contribution in [2.45, 2.75) is 6.42 Å². The first-order chi connectivity index (χ1) is 18.1. The Morgan fingerprint density at radius 1 is 0.892 bits per heavy atom. The maximum Gasteiger partial charge on any atom is 0.263 e. The quantitative estimate of drug-likeness (QED) is 0.247. The van der Waals surface area contributed by atoms with Gasteiger partial charge >= 0.3 is 0 Å². The molecule has 5 rings (SSSR count). The molecule has 0 fully saturated rings. The van der Waals surface area contributed by atoms with Gasteiger partial charge in [-0.2, -0.15) is 5.26 Å². The third-order valence-corrected chi connectivity index (χ3v) is 6.20. The lowest BCUT2D eigenvalue weighted by Gasteiger charge is -2.14. The Bertz CT molecular complexity index is 1640. The zero-order valence-electron chi connectivity index (χ0n) is 19.8. The van der Waals surface area contributed by atoms with Gasteiger partial charge in [-0.05, 0) is 53.6 Å². The summed E-state index contributed by atoms with van der Waals surface area (Å²) in [6.07, 6.45) is 5.76. The predicted octanol–water partition coefficient (Wildman–Crippen LogP) is 6.71. The van der Waals surface area contributed by atoms with E-state index >= 15 is 0 Å². The summed E-state index contributed by atoms with van der Waals surface area (Å²) in [7, 11) is 0. The number of rotatable bonds is 7. The maximum atomic E-state index is 13.7. The second kappa shape index (κ2) is 10.9. The summed E-state index contributed by atoms with van der Waals surface area (Å²) >= 11 is 6.47. The van der Waals surface area contributed by atoms with Crippen LogP contribution < -0.4 is 10.3 Å². The molecule has 5 nitrogen and oxygen atoms in total. The maximum absolute atomic E-state index is 13.7.